The van der Waals surface area contributed by atoms with Crippen molar-refractivity contribution >= 4 is 38.5 Å². The normalized spacial score (nSPS) is 12.8. The molecule has 1 heterocycles. The summed E-state index contributed by atoms with van der Waals surface area (Å²) in [6, 6.07) is 16.2. The van der Waals surface area contributed by atoms with Crippen molar-refractivity contribution in [2.45, 2.75) is 18.2 Å². The highest BCUT2D eigenvalue weighted by atomic mass is 79.9. The number of hydrogen-bond acceptors (Lipinski definition) is 1. The lowest BCUT2D eigenvalue weighted by molar-refractivity contribution is 0.545. The highest BCUT2D eigenvalue weighted by Crippen LogP contribution is 2.33. The Kier molecular flexibility index (Phi) is 3.86. The van der Waals surface area contributed by atoms with Gasteiger partial charge in [-0.25, -0.2) is 0 Å². The minimum absolute atomic E-state index is 0.120. The fourth-order valence-electron chi connectivity index (χ4n) is 2.30. The van der Waals surface area contributed by atoms with Crippen molar-refractivity contribution in [2.75, 3.05) is 0 Å². The number of rotatable bonds is 3. The highest BCUT2D eigenvalue weighted by molar-refractivity contribution is 9.09. The summed E-state index contributed by atoms with van der Waals surface area (Å²) < 4.78 is 5.91. The zero-order chi connectivity index (χ0) is 14.1. The first-order valence-electron chi connectivity index (χ1n) is 6.51. The second-order valence-electron chi connectivity index (χ2n) is 4.95. The van der Waals surface area contributed by atoms with Gasteiger partial charge in [0.25, 0.3) is 0 Å². The van der Waals surface area contributed by atoms with Gasteiger partial charge in [-0.3, -0.25) is 0 Å². The molecular formula is C17H14BrClO. The first-order chi connectivity index (χ1) is 9.63. The van der Waals surface area contributed by atoms with E-state index < -0.39 is 0 Å². The van der Waals surface area contributed by atoms with Crippen LogP contribution in [0.4, 0.5) is 0 Å². The zero-order valence-electron chi connectivity index (χ0n) is 11.1. The van der Waals surface area contributed by atoms with Gasteiger partial charge in [0.1, 0.15) is 11.3 Å². The predicted octanol–water partition coefficient (Wildman–Crippen LogP) is 6.07. The molecule has 0 saturated carbocycles. The highest BCUT2D eigenvalue weighted by Gasteiger charge is 2.15. The maximum Gasteiger partial charge on any atom is 0.134 e. The summed E-state index contributed by atoms with van der Waals surface area (Å²) in [7, 11) is 0. The topological polar surface area (TPSA) is 13.1 Å². The molecule has 102 valence electrons. The van der Waals surface area contributed by atoms with E-state index in [0.717, 1.165) is 33.7 Å². The smallest absolute Gasteiger partial charge is 0.134 e. The van der Waals surface area contributed by atoms with Gasteiger partial charge in [0, 0.05) is 10.4 Å². The molecule has 1 nitrogen and oxygen atoms in total. The van der Waals surface area contributed by atoms with Crippen LogP contribution in [0.2, 0.25) is 5.02 Å². The molecule has 3 aromatic rings. The van der Waals surface area contributed by atoms with E-state index in [0.29, 0.717) is 0 Å². The molecule has 2 aromatic carbocycles. The third kappa shape index (κ3) is 2.77. The van der Waals surface area contributed by atoms with Crippen molar-refractivity contribution in [2.24, 2.45) is 0 Å². The maximum absolute atomic E-state index is 6.20. The molecule has 0 aliphatic carbocycles. The molecule has 0 spiro atoms. The number of aryl methyl sites for hydroxylation is 1. The molecule has 0 saturated heterocycles. The Balaban J connectivity index is 1.89. The molecule has 0 radical (unpaired) electrons. The lowest BCUT2D eigenvalue weighted by Gasteiger charge is -2.08. The number of fused-ring (bicyclic) bond motifs is 1. The molecule has 3 rings (SSSR count). The van der Waals surface area contributed by atoms with Crippen LogP contribution in [-0.4, -0.2) is 0 Å². The van der Waals surface area contributed by atoms with Crippen LogP contribution in [0.15, 0.2) is 52.9 Å². The lowest BCUT2D eigenvalue weighted by atomic mass is 10.1. The van der Waals surface area contributed by atoms with E-state index in [2.05, 4.69) is 41.1 Å². The Morgan fingerprint density at radius 1 is 1.15 bits per heavy atom. The molecule has 3 heteroatoms. The van der Waals surface area contributed by atoms with Crippen LogP contribution >= 0.6 is 27.5 Å². The van der Waals surface area contributed by atoms with Crippen LogP contribution in [0.3, 0.4) is 0 Å². The van der Waals surface area contributed by atoms with Crippen LogP contribution in [0.25, 0.3) is 11.0 Å². The largest absolute Gasteiger partial charge is 0.460 e. The van der Waals surface area contributed by atoms with Gasteiger partial charge in [-0.15, -0.1) is 0 Å². The Labute approximate surface area is 131 Å². The Hall–Kier alpha value is -1.25. The van der Waals surface area contributed by atoms with Crippen molar-refractivity contribution in [1.82, 2.24) is 0 Å². The second-order valence-corrected chi connectivity index (χ2v) is 6.47. The minimum atomic E-state index is 0.120. The van der Waals surface area contributed by atoms with Crippen molar-refractivity contribution in [3.05, 3.63) is 70.4 Å². The molecular weight excluding hydrogens is 336 g/mol. The van der Waals surface area contributed by atoms with Gasteiger partial charge in [-0.1, -0.05) is 57.4 Å². The maximum atomic E-state index is 6.20. The van der Waals surface area contributed by atoms with E-state index in [-0.39, 0.29) is 4.83 Å². The predicted molar refractivity (Wildman–Crippen MR) is 87.8 cm³/mol. The summed E-state index contributed by atoms with van der Waals surface area (Å²) in [5.74, 6) is 0.936. The lowest BCUT2D eigenvalue weighted by Crippen LogP contribution is -1.94. The summed E-state index contributed by atoms with van der Waals surface area (Å²) in [5.41, 5.74) is 3.28. The molecule has 1 aromatic heterocycles. The summed E-state index contributed by atoms with van der Waals surface area (Å²) in [5, 5.41) is 1.94. The molecule has 0 amide bonds. The summed E-state index contributed by atoms with van der Waals surface area (Å²) in [6.07, 6.45) is 0.804. The molecule has 0 N–H and O–H groups in total. The quantitative estimate of drug-likeness (QED) is 0.523. The zero-order valence-corrected chi connectivity index (χ0v) is 13.4. The van der Waals surface area contributed by atoms with Gasteiger partial charge in [0.2, 0.25) is 0 Å². The van der Waals surface area contributed by atoms with E-state index in [1.807, 2.05) is 30.3 Å². The SMILES string of the molecule is Cc1ccc2oc(C(Br)Cc3ccccc3Cl)cc2c1. The average molecular weight is 350 g/mol. The van der Waals surface area contributed by atoms with Gasteiger partial charge >= 0.3 is 0 Å². The average Bonchev–Trinajstić information content (AvgIpc) is 2.84. The van der Waals surface area contributed by atoms with Gasteiger partial charge < -0.3 is 4.42 Å². The number of alkyl halides is 1. The van der Waals surface area contributed by atoms with Crippen molar-refractivity contribution in [3.63, 3.8) is 0 Å². The number of halogens is 2. The first-order valence-corrected chi connectivity index (χ1v) is 7.80. The Morgan fingerprint density at radius 3 is 2.75 bits per heavy atom. The molecule has 20 heavy (non-hydrogen) atoms. The van der Waals surface area contributed by atoms with Crippen molar-refractivity contribution in [1.29, 1.82) is 0 Å². The minimum Gasteiger partial charge on any atom is -0.460 e. The van der Waals surface area contributed by atoms with E-state index in [1.54, 1.807) is 0 Å². The van der Waals surface area contributed by atoms with E-state index in [9.17, 15) is 0 Å². The second kappa shape index (κ2) is 5.63. The Bertz CT molecular complexity index is 748. The van der Waals surface area contributed by atoms with Gasteiger partial charge in [-0.2, -0.15) is 0 Å². The standard InChI is InChI=1S/C17H14BrClO/c1-11-6-7-16-13(8-11)10-17(20-16)14(18)9-12-4-2-3-5-15(12)19/h2-8,10,14H,9H2,1H3. The number of furan rings is 1. The van der Waals surface area contributed by atoms with Gasteiger partial charge in [0.05, 0.1) is 4.83 Å². The van der Waals surface area contributed by atoms with Crippen LogP contribution in [-0.2, 0) is 6.42 Å². The van der Waals surface area contributed by atoms with Crippen LogP contribution in [0.5, 0.6) is 0 Å². The fraction of sp³-hybridized carbons (Fsp3) is 0.176. The van der Waals surface area contributed by atoms with Crippen LogP contribution in [0, 0.1) is 6.92 Å². The summed E-state index contributed by atoms with van der Waals surface area (Å²) in [4.78, 5) is 0.120. The van der Waals surface area contributed by atoms with E-state index in [1.165, 1.54) is 5.56 Å². The van der Waals surface area contributed by atoms with E-state index in [4.69, 9.17) is 16.0 Å². The fourth-order valence-corrected chi connectivity index (χ4v) is 3.08. The summed E-state index contributed by atoms with van der Waals surface area (Å²) in [6.45, 7) is 2.08. The molecule has 0 aliphatic rings. The molecule has 1 atom stereocenters. The number of benzene rings is 2. The molecule has 1 unspecified atom stereocenters. The van der Waals surface area contributed by atoms with Crippen LogP contribution < -0.4 is 0 Å². The van der Waals surface area contributed by atoms with Crippen molar-refractivity contribution < 1.29 is 4.42 Å². The summed E-state index contributed by atoms with van der Waals surface area (Å²) >= 11 is 9.90. The Morgan fingerprint density at radius 2 is 1.95 bits per heavy atom. The molecule has 0 bridgehead atoms. The third-order valence-corrected chi connectivity index (χ3v) is 4.50. The first kappa shape index (κ1) is 13.7. The third-order valence-electron chi connectivity index (χ3n) is 3.36. The van der Waals surface area contributed by atoms with Gasteiger partial charge in [-0.05, 0) is 43.2 Å². The monoisotopic (exact) mass is 348 g/mol. The van der Waals surface area contributed by atoms with Crippen LogP contribution in [0.1, 0.15) is 21.7 Å². The van der Waals surface area contributed by atoms with Crippen molar-refractivity contribution in [3.8, 4) is 0 Å². The number of hydrogen-bond donors (Lipinski definition) is 0. The molecule has 0 aliphatic heterocycles. The molecule has 0 fully saturated rings. The van der Waals surface area contributed by atoms with E-state index >= 15 is 0 Å². The van der Waals surface area contributed by atoms with Gasteiger partial charge in [0.15, 0.2) is 0 Å².